The van der Waals surface area contributed by atoms with Crippen molar-refractivity contribution in [3.8, 4) is 0 Å². The maximum Gasteiger partial charge on any atom is 0.257 e. The quantitative estimate of drug-likeness (QED) is 0.875. The predicted octanol–water partition coefficient (Wildman–Crippen LogP) is 3.29. The molecule has 1 aromatic heterocycles. The molecule has 7 heteroatoms. The number of anilines is 2. The molecule has 3 rings (SSSR count). The highest BCUT2D eigenvalue weighted by Gasteiger charge is 2.24. The van der Waals surface area contributed by atoms with Crippen molar-refractivity contribution in [1.29, 1.82) is 0 Å². The second kappa shape index (κ2) is 8.39. The second-order valence-corrected chi connectivity index (χ2v) is 7.24. The summed E-state index contributed by atoms with van der Waals surface area (Å²) in [6.45, 7) is 6.69. The Bertz CT molecular complexity index is 818. The maximum absolute atomic E-state index is 12.2. The third kappa shape index (κ3) is 4.57. The van der Waals surface area contributed by atoms with Crippen molar-refractivity contribution in [3.05, 3.63) is 53.3 Å². The number of rotatable bonds is 4. The van der Waals surface area contributed by atoms with Gasteiger partial charge in [0.1, 0.15) is 0 Å². The topological polar surface area (TPSA) is 65.5 Å². The lowest BCUT2D eigenvalue weighted by Crippen LogP contribution is -2.50. The highest BCUT2D eigenvalue weighted by atomic mass is 35.5. The van der Waals surface area contributed by atoms with Gasteiger partial charge in [-0.2, -0.15) is 0 Å². The first-order valence-corrected chi connectivity index (χ1v) is 9.38. The van der Waals surface area contributed by atoms with Gasteiger partial charge in [0.05, 0.1) is 16.3 Å². The fourth-order valence-corrected chi connectivity index (χ4v) is 3.37. The SMILES string of the molecule is CC(C)C(=O)N1CCN(c2ccc(NC(=O)c3cccnc3)cc2Cl)CC1. The number of halogens is 1. The summed E-state index contributed by atoms with van der Waals surface area (Å²) in [5.74, 6) is -0.0233. The van der Waals surface area contributed by atoms with Crippen molar-refractivity contribution in [2.24, 2.45) is 5.92 Å². The predicted molar refractivity (Wildman–Crippen MR) is 107 cm³/mol. The van der Waals surface area contributed by atoms with Crippen LogP contribution in [0.3, 0.4) is 0 Å². The number of amides is 2. The van der Waals surface area contributed by atoms with Gasteiger partial charge in [0.2, 0.25) is 5.91 Å². The van der Waals surface area contributed by atoms with Gasteiger partial charge < -0.3 is 15.1 Å². The molecule has 0 unspecified atom stereocenters. The van der Waals surface area contributed by atoms with E-state index in [0.29, 0.717) is 29.4 Å². The van der Waals surface area contributed by atoms with Crippen LogP contribution >= 0.6 is 11.6 Å². The van der Waals surface area contributed by atoms with E-state index in [1.54, 1.807) is 24.4 Å². The molecular formula is C20H23ClN4O2. The van der Waals surface area contributed by atoms with E-state index >= 15 is 0 Å². The second-order valence-electron chi connectivity index (χ2n) is 6.83. The molecule has 0 saturated carbocycles. The Morgan fingerprint density at radius 2 is 1.89 bits per heavy atom. The average molecular weight is 387 g/mol. The lowest BCUT2D eigenvalue weighted by atomic mass is 10.1. The lowest BCUT2D eigenvalue weighted by molar-refractivity contribution is -0.134. The first-order valence-electron chi connectivity index (χ1n) is 9.00. The van der Waals surface area contributed by atoms with Gasteiger partial charge in [0, 0.05) is 50.2 Å². The number of piperazine rings is 1. The van der Waals surface area contributed by atoms with Crippen LogP contribution < -0.4 is 10.2 Å². The van der Waals surface area contributed by atoms with Gasteiger partial charge >= 0.3 is 0 Å². The molecule has 0 radical (unpaired) electrons. The van der Waals surface area contributed by atoms with E-state index < -0.39 is 0 Å². The van der Waals surface area contributed by atoms with Crippen LogP contribution in [0.15, 0.2) is 42.7 Å². The fraction of sp³-hybridized carbons (Fsp3) is 0.350. The van der Waals surface area contributed by atoms with E-state index in [4.69, 9.17) is 11.6 Å². The number of pyridine rings is 1. The van der Waals surface area contributed by atoms with E-state index in [9.17, 15) is 9.59 Å². The smallest absolute Gasteiger partial charge is 0.257 e. The minimum atomic E-state index is -0.229. The summed E-state index contributed by atoms with van der Waals surface area (Å²) >= 11 is 6.46. The molecule has 1 fully saturated rings. The summed E-state index contributed by atoms with van der Waals surface area (Å²) in [6, 6.07) is 8.91. The van der Waals surface area contributed by atoms with E-state index in [2.05, 4.69) is 15.2 Å². The summed E-state index contributed by atoms with van der Waals surface area (Å²) in [7, 11) is 0. The van der Waals surface area contributed by atoms with Crippen molar-refractivity contribution < 1.29 is 9.59 Å². The lowest BCUT2D eigenvalue weighted by Gasteiger charge is -2.37. The molecule has 0 atom stereocenters. The van der Waals surface area contributed by atoms with Gasteiger partial charge in [0.25, 0.3) is 5.91 Å². The molecule has 27 heavy (non-hydrogen) atoms. The molecule has 142 valence electrons. The molecule has 1 saturated heterocycles. The Morgan fingerprint density at radius 1 is 1.15 bits per heavy atom. The number of carbonyl (C=O) groups excluding carboxylic acids is 2. The standard InChI is InChI=1S/C20H23ClN4O2/c1-14(2)20(27)25-10-8-24(9-11-25)18-6-5-16(12-17(18)21)23-19(26)15-4-3-7-22-13-15/h3-7,12-14H,8-11H2,1-2H3,(H,23,26). The first kappa shape index (κ1) is 19.2. The van der Waals surface area contributed by atoms with Crippen LogP contribution in [0.1, 0.15) is 24.2 Å². The van der Waals surface area contributed by atoms with Crippen molar-refractivity contribution in [1.82, 2.24) is 9.88 Å². The fourth-order valence-electron chi connectivity index (χ4n) is 3.07. The van der Waals surface area contributed by atoms with Gasteiger partial charge in [-0.25, -0.2) is 0 Å². The first-order chi connectivity index (χ1) is 13.0. The molecule has 6 nitrogen and oxygen atoms in total. The normalized spacial score (nSPS) is 14.4. The highest BCUT2D eigenvalue weighted by molar-refractivity contribution is 6.33. The van der Waals surface area contributed by atoms with Gasteiger partial charge in [-0.05, 0) is 30.3 Å². The Hall–Kier alpha value is -2.60. The summed E-state index contributed by atoms with van der Waals surface area (Å²) < 4.78 is 0. The van der Waals surface area contributed by atoms with Crippen molar-refractivity contribution in [2.75, 3.05) is 36.4 Å². The van der Waals surface area contributed by atoms with Gasteiger partial charge in [-0.1, -0.05) is 25.4 Å². The number of nitrogens with zero attached hydrogens (tertiary/aromatic N) is 3. The van der Waals surface area contributed by atoms with Crippen LogP contribution in [0.2, 0.25) is 5.02 Å². The Labute approximate surface area is 164 Å². The number of hydrogen-bond donors (Lipinski definition) is 1. The summed E-state index contributed by atoms with van der Waals surface area (Å²) in [4.78, 5) is 32.3. The Morgan fingerprint density at radius 3 is 2.48 bits per heavy atom. The van der Waals surface area contributed by atoms with E-state index in [1.165, 1.54) is 6.20 Å². The minimum absolute atomic E-state index is 0.0165. The molecule has 2 heterocycles. The van der Waals surface area contributed by atoms with Crippen molar-refractivity contribution in [2.45, 2.75) is 13.8 Å². The molecule has 1 aromatic carbocycles. The highest BCUT2D eigenvalue weighted by Crippen LogP contribution is 2.30. The largest absolute Gasteiger partial charge is 0.367 e. The number of aromatic nitrogens is 1. The Balaban J connectivity index is 1.64. The van der Waals surface area contributed by atoms with E-state index in [0.717, 1.165) is 18.8 Å². The molecular weight excluding hydrogens is 364 g/mol. The number of benzene rings is 1. The molecule has 2 aromatic rings. The van der Waals surface area contributed by atoms with Crippen LogP contribution in [-0.2, 0) is 4.79 Å². The van der Waals surface area contributed by atoms with Crippen LogP contribution in [-0.4, -0.2) is 47.9 Å². The zero-order chi connectivity index (χ0) is 19.4. The summed E-state index contributed by atoms with van der Waals surface area (Å²) in [5, 5.41) is 3.40. The van der Waals surface area contributed by atoms with Gasteiger partial charge in [0.15, 0.2) is 0 Å². The monoisotopic (exact) mass is 386 g/mol. The van der Waals surface area contributed by atoms with Crippen LogP contribution in [0, 0.1) is 5.92 Å². The van der Waals surface area contributed by atoms with Crippen molar-refractivity contribution in [3.63, 3.8) is 0 Å². The van der Waals surface area contributed by atoms with E-state index in [1.807, 2.05) is 30.9 Å². The summed E-state index contributed by atoms with van der Waals surface area (Å²) in [6.07, 6.45) is 3.14. The molecule has 0 aliphatic carbocycles. The zero-order valence-electron chi connectivity index (χ0n) is 15.5. The third-order valence-electron chi connectivity index (χ3n) is 4.56. The van der Waals surface area contributed by atoms with Crippen LogP contribution in [0.4, 0.5) is 11.4 Å². The van der Waals surface area contributed by atoms with Crippen molar-refractivity contribution >= 4 is 34.8 Å². The maximum atomic E-state index is 12.2. The van der Waals surface area contributed by atoms with E-state index in [-0.39, 0.29) is 17.7 Å². The Kier molecular flexibility index (Phi) is 5.96. The average Bonchev–Trinajstić information content (AvgIpc) is 2.68. The molecule has 1 aliphatic rings. The molecule has 0 spiro atoms. The number of nitrogens with one attached hydrogen (secondary N) is 1. The minimum Gasteiger partial charge on any atom is -0.367 e. The summed E-state index contributed by atoms with van der Waals surface area (Å²) in [5.41, 5.74) is 2.03. The van der Waals surface area contributed by atoms with Crippen LogP contribution in [0.5, 0.6) is 0 Å². The third-order valence-corrected chi connectivity index (χ3v) is 4.86. The van der Waals surface area contributed by atoms with Gasteiger partial charge in [-0.3, -0.25) is 14.6 Å². The van der Waals surface area contributed by atoms with Gasteiger partial charge in [-0.15, -0.1) is 0 Å². The molecule has 1 aliphatic heterocycles. The van der Waals surface area contributed by atoms with Crippen LogP contribution in [0.25, 0.3) is 0 Å². The zero-order valence-corrected chi connectivity index (χ0v) is 16.2. The number of hydrogen-bond acceptors (Lipinski definition) is 4. The molecule has 2 amide bonds. The molecule has 1 N–H and O–H groups in total. The number of carbonyl (C=O) groups is 2. The molecule has 0 bridgehead atoms.